The molecule has 0 saturated carbocycles. The summed E-state index contributed by atoms with van der Waals surface area (Å²) in [5.74, 6) is 1.72. The van der Waals surface area contributed by atoms with Crippen LogP contribution in [0.25, 0.3) is 0 Å². The number of rotatable bonds is 11. The van der Waals surface area contributed by atoms with Crippen molar-refractivity contribution in [3.05, 3.63) is 18.0 Å². The van der Waals surface area contributed by atoms with Gasteiger partial charge < -0.3 is 14.3 Å². The molecule has 1 aromatic rings. The average Bonchev–Trinajstić information content (AvgIpc) is 2.58. The number of sulfone groups is 1. The van der Waals surface area contributed by atoms with Crippen LogP contribution in [0.1, 0.15) is 10.4 Å². The van der Waals surface area contributed by atoms with Gasteiger partial charge >= 0.3 is 7.82 Å². The van der Waals surface area contributed by atoms with E-state index in [1.165, 1.54) is 4.90 Å². The molecule has 1 aromatic heterocycles. The van der Waals surface area contributed by atoms with Gasteiger partial charge in [-0.15, -0.1) is 6.42 Å². The fourth-order valence-electron chi connectivity index (χ4n) is 1.90. The number of aromatic nitrogens is 2. The highest BCUT2D eigenvalue weighted by Crippen LogP contribution is 2.42. The fraction of sp³-hybridized carbons (Fsp3) is 0.562. The molecule has 0 saturated heterocycles. The second-order valence-corrected chi connectivity index (χ2v) is 10.5. The minimum Gasteiger partial charge on any atom is -0.329 e. The predicted octanol–water partition coefficient (Wildman–Crippen LogP) is -0.205. The summed E-state index contributed by atoms with van der Waals surface area (Å²) >= 11 is 0. The SMILES string of the molecule is C#CCN(CCOP(=O)(O)OCC[N+](C)(C)C)C(=O)c1cnc(S(C)(=O)=O)nc1. The van der Waals surface area contributed by atoms with Crippen LogP contribution < -0.4 is 0 Å². The maximum atomic E-state index is 12.5. The van der Waals surface area contributed by atoms with E-state index in [0.29, 0.717) is 11.0 Å². The highest BCUT2D eigenvalue weighted by atomic mass is 32.2. The highest BCUT2D eigenvalue weighted by Gasteiger charge is 2.24. The monoisotopic (exact) mass is 449 g/mol. The summed E-state index contributed by atoms with van der Waals surface area (Å²) in [6, 6.07) is 0. The van der Waals surface area contributed by atoms with Crippen LogP contribution in [0, 0.1) is 12.3 Å². The van der Waals surface area contributed by atoms with Crippen molar-refractivity contribution in [3.8, 4) is 12.3 Å². The van der Waals surface area contributed by atoms with Crippen LogP contribution in [-0.4, -0.2) is 98.8 Å². The molecule has 0 spiro atoms. The van der Waals surface area contributed by atoms with Crippen LogP contribution in [0.5, 0.6) is 0 Å². The van der Waals surface area contributed by atoms with E-state index in [1.54, 1.807) is 0 Å². The first-order valence-electron chi connectivity index (χ1n) is 8.42. The number of amides is 1. The maximum Gasteiger partial charge on any atom is 0.472 e. The van der Waals surface area contributed by atoms with Gasteiger partial charge in [-0.3, -0.25) is 13.8 Å². The molecule has 0 radical (unpaired) electrons. The third-order valence-electron chi connectivity index (χ3n) is 3.41. The van der Waals surface area contributed by atoms with Gasteiger partial charge in [0.05, 0.1) is 39.9 Å². The minimum atomic E-state index is -4.27. The van der Waals surface area contributed by atoms with Crippen molar-refractivity contribution in [1.29, 1.82) is 0 Å². The van der Waals surface area contributed by atoms with E-state index in [0.717, 1.165) is 18.6 Å². The molecule has 1 N–H and O–H groups in total. The summed E-state index contributed by atoms with van der Waals surface area (Å²) < 4.78 is 45.0. The number of carbonyl (C=O) groups is 1. The smallest absolute Gasteiger partial charge is 0.329 e. The summed E-state index contributed by atoms with van der Waals surface area (Å²) in [7, 11) is -2.15. The van der Waals surface area contributed by atoms with E-state index < -0.39 is 28.7 Å². The summed E-state index contributed by atoms with van der Waals surface area (Å²) in [5.41, 5.74) is 0.0130. The van der Waals surface area contributed by atoms with Crippen molar-refractivity contribution in [2.75, 3.05) is 60.2 Å². The largest absolute Gasteiger partial charge is 0.472 e. The lowest BCUT2D eigenvalue weighted by atomic mass is 10.3. The second-order valence-electron chi connectivity index (χ2n) is 7.11. The molecule has 1 rings (SSSR count). The molecule has 0 aliphatic heterocycles. The molecule has 29 heavy (non-hydrogen) atoms. The van der Waals surface area contributed by atoms with Crippen molar-refractivity contribution >= 4 is 23.6 Å². The molecule has 0 bridgehead atoms. The number of hydrogen-bond donors (Lipinski definition) is 1. The van der Waals surface area contributed by atoms with E-state index in [-0.39, 0.29) is 31.9 Å². The van der Waals surface area contributed by atoms with Gasteiger partial charge in [-0.05, 0) is 0 Å². The Balaban J connectivity index is 2.68. The standard InChI is InChI=1S/C16H25N4O7PS/c1-6-7-19(8-10-26-28(22,23)27-11-9-20(2,3)4)15(21)14-12-17-16(18-13-14)29(5,24)25/h1,12-13H,7-11H2,2-5H3/p+1. The molecule has 0 aromatic carbocycles. The Morgan fingerprint density at radius 1 is 1.28 bits per heavy atom. The highest BCUT2D eigenvalue weighted by molar-refractivity contribution is 7.90. The van der Waals surface area contributed by atoms with Gasteiger partial charge in [0, 0.05) is 25.2 Å². The molecule has 0 aliphatic rings. The van der Waals surface area contributed by atoms with Crippen LogP contribution in [0.4, 0.5) is 0 Å². The lowest BCUT2D eigenvalue weighted by molar-refractivity contribution is -0.870. The molecule has 1 atom stereocenters. The first-order chi connectivity index (χ1) is 13.2. The molecule has 162 valence electrons. The number of carbonyl (C=O) groups excluding carboxylic acids is 1. The third kappa shape index (κ3) is 9.45. The van der Waals surface area contributed by atoms with Gasteiger partial charge in [-0.2, -0.15) is 0 Å². The molecule has 1 unspecified atom stereocenters. The first kappa shape index (κ1) is 25.2. The molecule has 11 nitrogen and oxygen atoms in total. The fourth-order valence-corrected chi connectivity index (χ4v) is 3.08. The Labute approximate surface area is 170 Å². The van der Waals surface area contributed by atoms with E-state index in [4.69, 9.17) is 15.5 Å². The summed E-state index contributed by atoms with van der Waals surface area (Å²) in [5, 5.41) is -0.409. The minimum absolute atomic E-state index is 0.0130. The first-order valence-corrected chi connectivity index (χ1v) is 11.8. The zero-order valence-corrected chi connectivity index (χ0v) is 18.5. The molecule has 1 heterocycles. The normalized spacial score (nSPS) is 14.1. The number of likely N-dealkylation sites (N-methyl/N-ethyl adjacent to an activating group) is 1. The Hall–Kier alpha value is -1.87. The molecular weight excluding hydrogens is 423 g/mol. The maximum absolute atomic E-state index is 12.5. The van der Waals surface area contributed by atoms with Crippen molar-refractivity contribution in [3.63, 3.8) is 0 Å². The van der Waals surface area contributed by atoms with E-state index in [2.05, 4.69) is 15.9 Å². The number of phosphoric ester groups is 1. The molecule has 0 fully saturated rings. The van der Waals surface area contributed by atoms with Crippen LogP contribution in [0.3, 0.4) is 0 Å². The molecular formula is C16H26N4O7PS+. The number of hydrogen-bond acceptors (Lipinski definition) is 8. The topological polar surface area (TPSA) is 136 Å². The van der Waals surface area contributed by atoms with Crippen LogP contribution >= 0.6 is 7.82 Å². The van der Waals surface area contributed by atoms with Crippen LogP contribution in [0.15, 0.2) is 17.6 Å². The number of quaternary nitrogens is 1. The summed E-state index contributed by atoms with van der Waals surface area (Å²) in [6.07, 6.45) is 8.35. The van der Waals surface area contributed by atoms with Gasteiger partial charge in [0.1, 0.15) is 13.2 Å². The zero-order valence-electron chi connectivity index (χ0n) is 16.8. The van der Waals surface area contributed by atoms with Crippen molar-refractivity contribution < 1.29 is 36.2 Å². The third-order valence-corrected chi connectivity index (χ3v) is 5.30. The number of nitrogens with zero attached hydrogens (tertiary/aromatic N) is 4. The van der Waals surface area contributed by atoms with Gasteiger partial charge in [-0.1, -0.05) is 5.92 Å². The van der Waals surface area contributed by atoms with Gasteiger partial charge in [0.25, 0.3) is 5.91 Å². The lowest BCUT2D eigenvalue weighted by Crippen LogP contribution is -2.37. The van der Waals surface area contributed by atoms with Crippen molar-refractivity contribution in [2.45, 2.75) is 5.16 Å². The van der Waals surface area contributed by atoms with E-state index in [9.17, 15) is 22.7 Å². The van der Waals surface area contributed by atoms with Crippen LogP contribution in [0.2, 0.25) is 0 Å². The Morgan fingerprint density at radius 3 is 2.31 bits per heavy atom. The quantitative estimate of drug-likeness (QED) is 0.211. The van der Waals surface area contributed by atoms with E-state index in [1.807, 2.05) is 21.1 Å². The molecule has 1 amide bonds. The number of phosphoric acid groups is 1. The predicted molar refractivity (Wildman–Crippen MR) is 105 cm³/mol. The number of terminal acetylenes is 1. The van der Waals surface area contributed by atoms with Gasteiger partial charge in [-0.25, -0.2) is 23.0 Å². The Kier molecular flexibility index (Phi) is 8.89. The van der Waals surface area contributed by atoms with E-state index >= 15 is 0 Å². The lowest BCUT2D eigenvalue weighted by Gasteiger charge is -2.24. The summed E-state index contributed by atoms with van der Waals surface area (Å²) in [4.78, 5) is 30.7. The average molecular weight is 449 g/mol. The zero-order chi connectivity index (χ0) is 22.3. The Bertz CT molecular complexity index is 891. The second kappa shape index (κ2) is 10.2. The Morgan fingerprint density at radius 2 is 1.83 bits per heavy atom. The molecule has 0 aliphatic carbocycles. The van der Waals surface area contributed by atoms with Crippen molar-refractivity contribution in [2.24, 2.45) is 0 Å². The van der Waals surface area contributed by atoms with Crippen molar-refractivity contribution in [1.82, 2.24) is 14.9 Å². The van der Waals surface area contributed by atoms with Crippen LogP contribution in [-0.2, 0) is 23.4 Å². The van der Waals surface area contributed by atoms with Gasteiger partial charge in [0.2, 0.25) is 15.0 Å². The van der Waals surface area contributed by atoms with Gasteiger partial charge in [0.15, 0.2) is 0 Å². The molecule has 13 heteroatoms. The summed E-state index contributed by atoms with van der Waals surface area (Å²) in [6.45, 7) is 0.0233.